The zero-order chi connectivity index (χ0) is 11.9. The van der Waals surface area contributed by atoms with Gasteiger partial charge < -0.3 is 0 Å². The van der Waals surface area contributed by atoms with E-state index in [0.29, 0.717) is 0 Å². The molecule has 0 N–H and O–H groups in total. The van der Waals surface area contributed by atoms with E-state index in [1.807, 2.05) is 6.08 Å². The first kappa shape index (κ1) is 15.3. The number of hydrogen-bond acceptors (Lipinski definition) is 0. The van der Waals surface area contributed by atoms with Gasteiger partial charge in [-0.1, -0.05) is 64.0 Å². The van der Waals surface area contributed by atoms with Crippen LogP contribution in [0.1, 0.15) is 71.1 Å². The van der Waals surface area contributed by atoms with Gasteiger partial charge in [0.15, 0.2) is 0 Å². The zero-order valence-corrected chi connectivity index (χ0v) is 10.9. The van der Waals surface area contributed by atoms with E-state index in [4.69, 9.17) is 6.58 Å². The summed E-state index contributed by atoms with van der Waals surface area (Å²) in [6, 6.07) is 0. The summed E-state index contributed by atoms with van der Waals surface area (Å²) in [4.78, 5) is 0. The lowest BCUT2D eigenvalue weighted by atomic mass is 10.1. The van der Waals surface area contributed by atoms with Crippen LogP contribution in [0, 0.1) is 6.58 Å². The predicted molar refractivity (Wildman–Crippen MR) is 73.4 cm³/mol. The van der Waals surface area contributed by atoms with Crippen LogP contribution < -0.4 is 0 Å². The van der Waals surface area contributed by atoms with Crippen LogP contribution >= 0.6 is 0 Å². The summed E-state index contributed by atoms with van der Waals surface area (Å²) in [5.41, 5.74) is 2.53. The van der Waals surface area contributed by atoms with E-state index in [-0.39, 0.29) is 0 Å². The SMILES string of the molecule is [CH]=C=CCC=CCCCCCCCCCC. The highest BCUT2D eigenvalue weighted by molar-refractivity contribution is 4.89. The van der Waals surface area contributed by atoms with E-state index in [2.05, 4.69) is 24.8 Å². The lowest BCUT2D eigenvalue weighted by molar-refractivity contribution is 0.577. The minimum Gasteiger partial charge on any atom is -0.124 e. The highest BCUT2D eigenvalue weighted by Crippen LogP contribution is 2.09. The standard InChI is InChI=1S/C16H27/c1-3-5-7-9-11-13-15-16-14-12-10-8-6-4-2/h1,5,9,11H,4,6-8,10,12-16H2,2H3. The molecule has 0 aromatic rings. The van der Waals surface area contributed by atoms with E-state index >= 15 is 0 Å². The molecule has 0 aliphatic heterocycles. The van der Waals surface area contributed by atoms with Gasteiger partial charge in [0, 0.05) is 0 Å². The minimum atomic E-state index is 0.924. The molecule has 0 heteroatoms. The molecule has 0 bridgehead atoms. The highest BCUT2D eigenvalue weighted by Gasteiger charge is 1.89. The van der Waals surface area contributed by atoms with Gasteiger partial charge in [0.25, 0.3) is 0 Å². The Hall–Kier alpha value is -0.740. The van der Waals surface area contributed by atoms with E-state index in [0.717, 1.165) is 6.42 Å². The molecule has 0 unspecified atom stereocenters. The van der Waals surface area contributed by atoms with Crippen LogP contribution in [0.4, 0.5) is 0 Å². The fourth-order valence-corrected chi connectivity index (χ4v) is 1.75. The Kier molecular flexibility index (Phi) is 13.6. The summed E-state index contributed by atoms with van der Waals surface area (Å²) in [7, 11) is 0. The van der Waals surface area contributed by atoms with Crippen molar-refractivity contribution < 1.29 is 0 Å². The maximum atomic E-state index is 5.12. The third-order valence-electron chi connectivity index (χ3n) is 2.76. The van der Waals surface area contributed by atoms with Gasteiger partial charge in [-0.25, -0.2) is 0 Å². The largest absolute Gasteiger partial charge is 0.124 e. The molecular formula is C16H27. The number of unbranched alkanes of at least 4 members (excludes halogenated alkanes) is 8. The van der Waals surface area contributed by atoms with Crippen molar-refractivity contribution in [1.29, 1.82) is 0 Å². The summed E-state index contributed by atoms with van der Waals surface area (Å²) in [6.45, 7) is 7.39. The van der Waals surface area contributed by atoms with Crippen molar-refractivity contribution in [3.63, 3.8) is 0 Å². The van der Waals surface area contributed by atoms with Gasteiger partial charge in [0.05, 0.1) is 0 Å². The first-order valence-electron chi connectivity index (χ1n) is 6.84. The fraction of sp³-hybridized carbons (Fsp3) is 0.688. The third-order valence-corrected chi connectivity index (χ3v) is 2.76. The predicted octanol–water partition coefficient (Wildman–Crippen LogP) is 5.61. The number of allylic oxidation sites excluding steroid dienone is 3. The van der Waals surface area contributed by atoms with Gasteiger partial charge in [0.2, 0.25) is 0 Å². The average Bonchev–Trinajstić information content (AvgIpc) is 2.31. The molecule has 0 aromatic carbocycles. The normalized spacial score (nSPS) is 10.6. The van der Waals surface area contributed by atoms with Crippen molar-refractivity contribution in [2.24, 2.45) is 0 Å². The van der Waals surface area contributed by atoms with Crippen LogP contribution in [0.2, 0.25) is 0 Å². The van der Waals surface area contributed by atoms with Crippen molar-refractivity contribution in [3.8, 4) is 0 Å². The molecule has 0 fully saturated rings. The first-order valence-corrected chi connectivity index (χ1v) is 6.84. The maximum Gasteiger partial charge on any atom is -0.00929 e. The Bertz CT molecular complexity index is 194. The Morgan fingerprint density at radius 3 is 2.12 bits per heavy atom. The van der Waals surface area contributed by atoms with Gasteiger partial charge in [-0.3, -0.25) is 0 Å². The molecule has 91 valence electrons. The van der Waals surface area contributed by atoms with Crippen molar-refractivity contribution in [3.05, 3.63) is 30.5 Å². The highest BCUT2D eigenvalue weighted by atomic mass is 14.0. The molecule has 0 amide bonds. The molecule has 16 heavy (non-hydrogen) atoms. The van der Waals surface area contributed by atoms with Gasteiger partial charge in [0.1, 0.15) is 0 Å². The summed E-state index contributed by atoms with van der Waals surface area (Å²) in [6.07, 6.45) is 19.6. The Morgan fingerprint density at radius 2 is 1.50 bits per heavy atom. The third kappa shape index (κ3) is 13.3. The molecule has 0 aliphatic carbocycles. The second kappa shape index (κ2) is 14.3. The molecule has 0 aromatic heterocycles. The summed E-state index contributed by atoms with van der Waals surface area (Å²) < 4.78 is 0. The lowest BCUT2D eigenvalue weighted by Gasteiger charge is -1.99. The lowest BCUT2D eigenvalue weighted by Crippen LogP contribution is -1.79. The van der Waals surface area contributed by atoms with Crippen LogP contribution in [0.25, 0.3) is 0 Å². The molecule has 0 nitrogen and oxygen atoms in total. The van der Waals surface area contributed by atoms with Gasteiger partial charge in [-0.15, -0.1) is 5.73 Å². The van der Waals surface area contributed by atoms with E-state index < -0.39 is 0 Å². The zero-order valence-electron chi connectivity index (χ0n) is 10.9. The monoisotopic (exact) mass is 219 g/mol. The molecule has 0 heterocycles. The summed E-state index contributed by atoms with van der Waals surface area (Å²) >= 11 is 0. The van der Waals surface area contributed by atoms with E-state index in [9.17, 15) is 0 Å². The Labute approximate surface area is 102 Å². The topological polar surface area (TPSA) is 0 Å². The molecule has 0 aliphatic rings. The van der Waals surface area contributed by atoms with Crippen molar-refractivity contribution >= 4 is 0 Å². The van der Waals surface area contributed by atoms with Crippen LogP contribution in [0.3, 0.4) is 0 Å². The van der Waals surface area contributed by atoms with Crippen LogP contribution in [-0.2, 0) is 0 Å². The summed E-state index contributed by atoms with van der Waals surface area (Å²) in [5.74, 6) is 0. The van der Waals surface area contributed by atoms with Crippen molar-refractivity contribution in [1.82, 2.24) is 0 Å². The second-order valence-corrected chi connectivity index (χ2v) is 4.34. The quantitative estimate of drug-likeness (QED) is 0.241. The number of rotatable bonds is 11. The van der Waals surface area contributed by atoms with Crippen molar-refractivity contribution in [2.75, 3.05) is 0 Å². The number of hydrogen-bond donors (Lipinski definition) is 0. The molecule has 0 atom stereocenters. The Balaban J connectivity index is 3.03. The molecule has 1 radical (unpaired) electrons. The van der Waals surface area contributed by atoms with Gasteiger partial charge in [-0.05, 0) is 31.9 Å². The smallest absolute Gasteiger partial charge is 0.00929 e. The molecular weight excluding hydrogens is 192 g/mol. The van der Waals surface area contributed by atoms with Crippen LogP contribution in [-0.4, -0.2) is 0 Å². The second-order valence-electron chi connectivity index (χ2n) is 4.34. The first-order chi connectivity index (χ1) is 7.91. The van der Waals surface area contributed by atoms with Crippen LogP contribution in [0.15, 0.2) is 24.0 Å². The van der Waals surface area contributed by atoms with Crippen LogP contribution in [0.5, 0.6) is 0 Å². The molecule has 0 saturated heterocycles. The summed E-state index contributed by atoms with van der Waals surface area (Å²) in [5, 5.41) is 0. The molecule has 0 spiro atoms. The Morgan fingerprint density at radius 1 is 0.875 bits per heavy atom. The van der Waals surface area contributed by atoms with E-state index in [1.54, 1.807) is 0 Å². The molecule has 0 saturated carbocycles. The average molecular weight is 219 g/mol. The van der Waals surface area contributed by atoms with E-state index in [1.165, 1.54) is 57.8 Å². The fourth-order valence-electron chi connectivity index (χ4n) is 1.75. The minimum absolute atomic E-state index is 0.924. The van der Waals surface area contributed by atoms with Gasteiger partial charge in [-0.2, -0.15) is 0 Å². The van der Waals surface area contributed by atoms with Crippen molar-refractivity contribution in [2.45, 2.75) is 71.1 Å². The molecule has 0 rings (SSSR count). The maximum absolute atomic E-state index is 5.12. The van der Waals surface area contributed by atoms with Gasteiger partial charge >= 0.3 is 0 Å².